The molecule has 0 saturated heterocycles. The quantitative estimate of drug-likeness (QED) is 0.628. The number of carbonyl (C=O) groups excluding carboxylic acids is 1. The summed E-state index contributed by atoms with van der Waals surface area (Å²) in [4.78, 5) is 15.0. The van der Waals surface area contributed by atoms with Gasteiger partial charge in [0.1, 0.15) is 12.4 Å². The van der Waals surface area contributed by atoms with Crippen LogP contribution in [0.2, 0.25) is 0 Å². The van der Waals surface area contributed by atoms with Crippen molar-refractivity contribution in [1.29, 1.82) is 0 Å². The van der Waals surface area contributed by atoms with Crippen LogP contribution in [0.25, 0.3) is 10.9 Å². The van der Waals surface area contributed by atoms with E-state index in [-0.39, 0.29) is 12.4 Å². The molecule has 0 spiro atoms. The standard InChI is InChI=1S/C19H18BrNO3/c1-2-23-19(22)9-13-5-3-4-6-18(13)24-12-14-11-21-17-8-7-15(20)10-16(14)17/h3-8,10-11,21H,2,9,12H2,1H3. The molecule has 0 saturated carbocycles. The van der Waals surface area contributed by atoms with Gasteiger partial charge in [-0.15, -0.1) is 0 Å². The van der Waals surface area contributed by atoms with E-state index in [4.69, 9.17) is 9.47 Å². The molecular formula is C19H18BrNO3. The molecule has 1 N–H and O–H groups in total. The average molecular weight is 388 g/mol. The van der Waals surface area contributed by atoms with Gasteiger partial charge in [0.05, 0.1) is 13.0 Å². The zero-order valence-corrected chi connectivity index (χ0v) is 14.9. The van der Waals surface area contributed by atoms with E-state index >= 15 is 0 Å². The van der Waals surface area contributed by atoms with E-state index in [0.29, 0.717) is 19.0 Å². The Labute approximate surface area is 148 Å². The first-order valence-electron chi connectivity index (χ1n) is 7.79. The highest BCUT2D eigenvalue weighted by atomic mass is 79.9. The third kappa shape index (κ3) is 3.79. The number of hydrogen-bond acceptors (Lipinski definition) is 3. The first-order valence-corrected chi connectivity index (χ1v) is 8.58. The summed E-state index contributed by atoms with van der Waals surface area (Å²) in [5, 5.41) is 1.12. The second-order valence-electron chi connectivity index (χ2n) is 5.38. The molecule has 0 unspecified atom stereocenters. The van der Waals surface area contributed by atoms with Crippen molar-refractivity contribution >= 4 is 32.8 Å². The van der Waals surface area contributed by atoms with Crippen molar-refractivity contribution in [2.75, 3.05) is 6.61 Å². The molecule has 5 heteroatoms. The van der Waals surface area contributed by atoms with Crippen molar-refractivity contribution in [3.05, 3.63) is 64.3 Å². The molecule has 24 heavy (non-hydrogen) atoms. The van der Waals surface area contributed by atoms with E-state index in [9.17, 15) is 4.79 Å². The Bertz CT molecular complexity index is 857. The zero-order chi connectivity index (χ0) is 16.9. The number of hydrogen-bond donors (Lipinski definition) is 1. The first kappa shape index (κ1) is 16.6. The molecule has 0 fully saturated rings. The van der Waals surface area contributed by atoms with Crippen molar-refractivity contribution in [3.8, 4) is 5.75 Å². The van der Waals surface area contributed by atoms with Gasteiger partial charge in [0.2, 0.25) is 0 Å². The number of aromatic nitrogens is 1. The topological polar surface area (TPSA) is 51.3 Å². The summed E-state index contributed by atoms with van der Waals surface area (Å²) in [6.07, 6.45) is 2.16. The second kappa shape index (κ2) is 7.53. The summed E-state index contributed by atoms with van der Waals surface area (Å²) in [5.41, 5.74) is 2.96. The highest BCUT2D eigenvalue weighted by Crippen LogP contribution is 2.25. The number of esters is 1. The molecule has 1 heterocycles. The third-order valence-corrected chi connectivity index (χ3v) is 4.22. The van der Waals surface area contributed by atoms with Crippen molar-refractivity contribution in [1.82, 2.24) is 4.98 Å². The van der Waals surface area contributed by atoms with E-state index < -0.39 is 0 Å². The lowest BCUT2D eigenvalue weighted by atomic mass is 10.1. The Hall–Kier alpha value is -2.27. The molecule has 0 amide bonds. The van der Waals surface area contributed by atoms with E-state index in [1.807, 2.05) is 42.6 Å². The number of halogens is 1. The molecule has 1 aromatic heterocycles. The molecule has 4 nitrogen and oxygen atoms in total. The number of para-hydroxylation sites is 1. The average Bonchev–Trinajstić information content (AvgIpc) is 2.96. The predicted molar refractivity (Wildman–Crippen MR) is 97.1 cm³/mol. The number of H-pyrrole nitrogens is 1. The highest BCUT2D eigenvalue weighted by Gasteiger charge is 2.11. The molecule has 124 valence electrons. The Morgan fingerprint density at radius 2 is 2.00 bits per heavy atom. The number of nitrogens with one attached hydrogen (secondary N) is 1. The summed E-state index contributed by atoms with van der Waals surface area (Å²) >= 11 is 3.49. The number of fused-ring (bicyclic) bond motifs is 1. The van der Waals surface area contributed by atoms with Gasteiger partial charge in [0.25, 0.3) is 0 Å². The highest BCUT2D eigenvalue weighted by molar-refractivity contribution is 9.10. The van der Waals surface area contributed by atoms with Gasteiger partial charge >= 0.3 is 5.97 Å². The lowest BCUT2D eigenvalue weighted by Crippen LogP contribution is -2.09. The van der Waals surface area contributed by atoms with E-state index in [1.54, 1.807) is 6.92 Å². The van der Waals surface area contributed by atoms with Gasteiger partial charge in [-0.2, -0.15) is 0 Å². The van der Waals surface area contributed by atoms with Gasteiger partial charge in [0, 0.05) is 32.7 Å². The maximum Gasteiger partial charge on any atom is 0.310 e. The lowest BCUT2D eigenvalue weighted by Gasteiger charge is -2.11. The van der Waals surface area contributed by atoms with Crippen LogP contribution in [0.15, 0.2) is 53.1 Å². The monoisotopic (exact) mass is 387 g/mol. The van der Waals surface area contributed by atoms with Crippen molar-refractivity contribution in [2.45, 2.75) is 20.0 Å². The normalized spacial score (nSPS) is 10.8. The summed E-state index contributed by atoms with van der Waals surface area (Å²) < 4.78 is 12.0. The SMILES string of the molecule is CCOC(=O)Cc1ccccc1OCc1c[nH]c2ccc(Br)cc12. The van der Waals surface area contributed by atoms with Crippen molar-refractivity contribution in [2.24, 2.45) is 0 Å². The number of carbonyl (C=O) groups is 1. The van der Waals surface area contributed by atoms with Gasteiger partial charge in [0.15, 0.2) is 0 Å². The number of aromatic amines is 1. The number of benzene rings is 2. The van der Waals surface area contributed by atoms with Gasteiger partial charge in [-0.3, -0.25) is 4.79 Å². The maximum absolute atomic E-state index is 11.7. The molecule has 0 aliphatic rings. The Morgan fingerprint density at radius 1 is 1.17 bits per heavy atom. The first-order chi connectivity index (χ1) is 11.7. The van der Waals surface area contributed by atoms with Crippen LogP contribution in [-0.4, -0.2) is 17.6 Å². The van der Waals surface area contributed by atoms with Gasteiger partial charge in [-0.1, -0.05) is 34.1 Å². The molecule has 3 rings (SSSR count). The third-order valence-electron chi connectivity index (χ3n) is 3.73. The summed E-state index contributed by atoms with van der Waals surface area (Å²) in [7, 11) is 0. The fourth-order valence-electron chi connectivity index (χ4n) is 2.58. The fraction of sp³-hybridized carbons (Fsp3) is 0.211. The predicted octanol–water partition coefficient (Wildman–Crippen LogP) is 4.62. The minimum absolute atomic E-state index is 0.212. The van der Waals surface area contributed by atoms with E-state index in [1.165, 1.54) is 0 Å². The molecule has 0 bridgehead atoms. The molecular weight excluding hydrogens is 370 g/mol. The Morgan fingerprint density at radius 3 is 2.83 bits per heavy atom. The Kier molecular flexibility index (Phi) is 5.20. The smallest absolute Gasteiger partial charge is 0.310 e. The summed E-state index contributed by atoms with van der Waals surface area (Å²) in [5.74, 6) is 0.458. The number of ether oxygens (including phenoxy) is 2. The van der Waals surface area contributed by atoms with Gasteiger partial charge in [-0.25, -0.2) is 0 Å². The Balaban J connectivity index is 1.76. The van der Waals surface area contributed by atoms with E-state index in [2.05, 4.69) is 27.0 Å². The zero-order valence-electron chi connectivity index (χ0n) is 13.3. The molecule has 2 aromatic carbocycles. The molecule has 0 aliphatic carbocycles. The van der Waals surface area contributed by atoms with Crippen LogP contribution in [0.3, 0.4) is 0 Å². The van der Waals surface area contributed by atoms with Crippen molar-refractivity contribution < 1.29 is 14.3 Å². The fourth-order valence-corrected chi connectivity index (χ4v) is 2.94. The van der Waals surface area contributed by atoms with Crippen LogP contribution in [0.4, 0.5) is 0 Å². The van der Waals surface area contributed by atoms with Gasteiger partial charge in [-0.05, 0) is 31.2 Å². The molecule has 0 radical (unpaired) electrons. The van der Waals surface area contributed by atoms with Crippen LogP contribution >= 0.6 is 15.9 Å². The van der Waals surface area contributed by atoms with Crippen molar-refractivity contribution in [3.63, 3.8) is 0 Å². The van der Waals surface area contributed by atoms with Crippen LogP contribution in [0, 0.1) is 0 Å². The van der Waals surface area contributed by atoms with Crippen LogP contribution in [0.1, 0.15) is 18.1 Å². The largest absolute Gasteiger partial charge is 0.489 e. The van der Waals surface area contributed by atoms with Gasteiger partial charge < -0.3 is 14.5 Å². The maximum atomic E-state index is 11.7. The lowest BCUT2D eigenvalue weighted by molar-refractivity contribution is -0.142. The minimum Gasteiger partial charge on any atom is -0.489 e. The van der Waals surface area contributed by atoms with Crippen LogP contribution in [0.5, 0.6) is 5.75 Å². The summed E-state index contributed by atoms with van der Waals surface area (Å²) in [6, 6.07) is 13.6. The number of rotatable bonds is 6. The second-order valence-corrected chi connectivity index (χ2v) is 6.30. The van der Waals surface area contributed by atoms with E-state index in [0.717, 1.165) is 26.5 Å². The molecule has 3 aromatic rings. The molecule has 0 aliphatic heterocycles. The van der Waals surface area contributed by atoms with Crippen LogP contribution < -0.4 is 4.74 Å². The summed E-state index contributed by atoms with van der Waals surface area (Å²) in [6.45, 7) is 2.61. The molecule has 0 atom stereocenters. The van der Waals surface area contributed by atoms with Crippen LogP contribution in [-0.2, 0) is 22.6 Å². The minimum atomic E-state index is -0.246.